The lowest BCUT2D eigenvalue weighted by Gasteiger charge is -2.24. The maximum Gasteiger partial charge on any atom is 0.229 e. The molecule has 1 atom stereocenters. The fourth-order valence-corrected chi connectivity index (χ4v) is 2.94. The molecule has 2 aromatic rings. The Labute approximate surface area is 139 Å². The van der Waals surface area contributed by atoms with Crippen LogP contribution in [-0.2, 0) is 22.5 Å². The van der Waals surface area contributed by atoms with Crippen molar-refractivity contribution < 1.29 is 18.5 Å². The Morgan fingerprint density at radius 2 is 2.39 bits per heavy atom. The molecule has 0 bridgehead atoms. The Balaban J connectivity index is 1.71. The number of hydrogen-bond donors (Lipinski definition) is 0. The first kappa shape index (κ1) is 16.1. The van der Waals surface area contributed by atoms with Gasteiger partial charge in [0.05, 0.1) is 31.0 Å². The Morgan fingerprint density at radius 3 is 3.00 bits per heavy atom. The van der Waals surface area contributed by atoms with E-state index in [1.54, 1.807) is 18.1 Å². The van der Waals surface area contributed by atoms with Crippen LogP contribution in [0.1, 0.15) is 29.9 Å². The molecule has 2 aromatic heterocycles. The molecule has 6 nitrogen and oxygen atoms in total. The fourth-order valence-electron chi connectivity index (χ4n) is 2.70. The van der Waals surface area contributed by atoms with E-state index in [1.165, 1.54) is 0 Å². The highest BCUT2D eigenvalue weighted by Crippen LogP contribution is 2.22. The molecular formula is C16H19ClN2O4. The second-order valence-corrected chi connectivity index (χ2v) is 6.03. The zero-order valence-electron chi connectivity index (χ0n) is 13.0. The summed E-state index contributed by atoms with van der Waals surface area (Å²) >= 11 is 5.96. The van der Waals surface area contributed by atoms with Gasteiger partial charge in [-0.3, -0.25) is 4.79 Å². The third-order valence-corrected chi connectivity index (χ3v) is 4.29. The number of aryl methyl sites for hydroxylation is 1. The number of aromatic nitrogens is 1. The molecule has 1 fully saturated rings. The van der Waals surface area contributed by atoms with Crippen molar-refractivity contribution in [1.29, 1.82) is 0 Å². The van der Waals surface area contributed by atoms with Crippen molar-refractivity contribution in [3.05, 3.63) is 40.6 Å². The summed E-state index contributed by atoms with van der Waals surface area (Å²) in [5.41, 5.74) is 1.27. The number of rotatable bonds is 6. The molecule has 3 heterocycles. The van der Waals surface area contributed by atoms with Gasteiger partial charge in [0, 0.05) is 18.7 Å². The molecule has 0 radical (unpaired) electrons. The largest absolute Gasteiger partial charge is 0.467 e. The highest BCUT2D eigenvalue weighted by molar-refractivity contribution is 6.29. The van der Waals surface area contributed by atoms with Crippen molar-refractivity contribution in [2.24, 2.45) is 0 Å². The van der Waals surface area contributed by atoms with E-state index in [9.17, 15) is 4.79 Å². The molecule has 3 rings (SSSR count). The smallest absolute Gasteiger partial charge is 0.229 e. The molecule has 0 aromatic carbocycles. The summed E-state index contributed by atoms with van der Waals surface area (Å²) < 4.78 is 15.9. The molecule has 0 spiro atoms. The lowest BCUT2D eigenvalue weighted by molar-refractivity contribution is -0.133. The number of carbonyl (C=O) groups is 1. The van der Waals surface area contributed by atoms with Crippen LogP contribution in [0.2, 0.25) is 5.22 Å². The number of carbonyl (C=O) groups excluding carboxylic acids is 1. The predicted octanol–water partition coefficient (Wildman–Crippen LogP) is 2.98. The van der Waals surface area contributed by atoms with Gasteiger partial charge in [0.15, 0.2) is 0 Å². The number of amides is 1. The average Bonchev–Trinajstić information content (AvgIpc) is 3.26. The van der Waals surface area contributed by atoms with Crippen molar-refractivity contribution in [2.75, 3.05) is 13.2 Å². The predicted molar refractivity (Wildman–Crippen MR) is 83.1 cm³/mol. The van der Waals surface area contributed by atoms with Crippen LogP contribution in [0.15, 0.2) is 27.3 Å². The maximum absolute atomic E-state index is 12.7. The Bertz CT molecular complexity index is 628. The highest BCUT2D eigenvalue weighted by Gasteiger charge is 2.25. The molecule has 0 aliphatic carbocycles. The van der Waals surface area contributed by atoms with Gasteiger partial charge in [0.25, 0.3) is 0 Å². The van der Waals surface area contributed by atoms with Gasteiger partial charge < -0.3 is 18.6 Å². The lowest BCUT2D eigenvalue weighted by Crippen LogP contribution is -2.37. The van der Waals surface area contributed by atoms with Crippen molar-refractivity contribution in [1.82, 2.24) is 10.1 Å². The van der Waals surface area contributed by atoms with Crippen LogP contribution in [-0.4, -0.2) is 35.2 Å². The van der Waals surface area contributed by atoms with E-state index < -0.39 is 0 Å². The fraction of sp³-hybridized carbons (Fsp3) is 0.500. The van der Waals surface area contributed by atoms with Gasteiger partial charge in [-0.25, -0.2) is 0 Å². The van der Waals surface area contributed by atoms with Crippen LogP contribution in [0.4, 0.5) is 0 Å². The van der Waals surface area contributed by atoms with Crippen LogP contribution >= 0.6 is 11.6 Å². The van der Waals surface area contributed by atoms with Crippen LogP contribution in [0.3, 0.4) is 0 Å². The van der Waals surface area contributed by atoms with E-state index in [2.05, 4.69) is 5.16 Å². The summed E-state index contributed by atoms with van der Waals surface area (Å²) in [6.07, 6.45) is 3.83. The molecule has 1 aliphatic rings. The van der Waals surface area contributed by atoms with Crippen LogP contribution in [0, 0.1) is 6.92 Å². The summed E-state index contributed by atoms with van der Waals surface area (Å²) in [4.78, 5) is 14.5. The normalized spacial score (nSPS) is 17.6. The maximum atomic E-state index is 12.7. The van der Waals surface area contributed by atoms with E-state index in [-0.39, 0.29) is 23.7 Å². The molecule has 1 unspecified atom stereocenters. The van der Waals surface area contributed by atoms with Crippen molar-refractivity contribution >= 4 is 17.5 Å². The first-order chi connectivity index (χ1) is 11.1. The summed E-state index contributed by atoms with van der Waals surface area (Å²) in [6.45, 7) is 3.48. The molecule has 1 saturated heterocycles. The van der Waals surface area contributed by atoms with Gasteiger partial charge in [0.2, 0.25) is 11.1 Å². The van der Waals surface area contributed by atoms with E-state index in [0.29, 0.717) is 24.3 Å². The molecule has 1 aliphatic heterocycles. The van der Waals surface area contributed by atoms with E-state index in [0.717, 1.165) is 25.2 Å². The van der Waals surface area contributed by atoms with Gasteiger partial charge in [-0.2, -0.15) is 0 Å². The number of nitrogens with zero attached hydrogens (tertiary/aromatic N) is 2. The zero-order chi connectivity index (χ0) is 16.2. The number of furan rings is 1. The number of halogens is 1. The topological polar surface area (TPSA) is 68.7 Å². The van der Waals surface area contributed by atoms with Gasteiger partial charge in [-0.15, -0.1) is 0 Å². The van der Waals surface area contributed by atoms with E-state index in [1.807, 2.05) is 12.1 Å². The van der Waals surface area contributed by atoms with Crippen LogP contribution in [0.25, 0.3) is 0 Å². The summed E-state index contributed by atoms with van der Waals surface area (Å²) in [6, 6.07) is 3.67. The van der Waals surface area contributed by atoms with E-state index in [4.69, 9.17) is 25.3 Å². The van der Waals surface area contributed by atoms with Crippen molar-refractivity contribution in [2.45, 2.75) is 38.8 Å². The summed E-state index contributed by atoms with van der Waals surface area (Å²) in [7, 11) is 0. The molecule has 23 heavy (non-hydrogen) atoms. The Kier molecular flexibility index (Phi) is 5.03. The zero-order valence-corrected chi connectivity index (χ0v) is 13.7. The number of hydrogen-bond acceptors (Lipinski definition) is 5. The first-order valence-corrected chi connectivity index (χ1v) is 8.03. The number of ether oxygens (including phenoxy) is 1. The van der Waals surface area contributed by atoms with Gasteiger partial charge >= 0.3 is 0 Å². The minimum absolute atomic E-state index is 0.0508. The van der Waals surface area contributed by atoms with Crippen LogP contribution < -0.4 is 0 Å². The van der Waals surface area contributed by atoms with Crippen molar-refractivity contribution in [3.8, 4) is 0 Å². The van der Waals surface area contributed by atoms with Gasteiger partial charge in [-0.05, 0) is 43.5 Å². The SMILES string of the molecule is Cc1noc(Cl)c1CC(=O)N(Cc1ccco1)CC1CCCO1. The summed E-state index contributed by atoms with van der Waals surface area (Å²) in [5.74, 6) is 0.689. The Morgan fingerprint density at radius 1 is 1.52 bits per heavy atom. The molecule has 0 N–H and O–H groups in total. The second-order valence-electron chi connectivity index (χ2n) is 5.69. The van der Waals surface area contributed by atoms with E-state index >= 15 is 0 Å². The third kappa shape index (κ3) is 3.95. The molecule has 0 saturated carbocycles. The van der Waals surface area contributed by atoms with Crippen LogP contribution in [0.5, 0.6) is 0 Å². The first-order valence-electron chi connectivity index (χ1n) is 7.66. The molecular weight excluding hydrogens is 320 g/mol. The minimum Gasteiger partial charge on any atom is -0.467 e. The second kappa shape index (κ2) is 7.19. The van der Waals surface area contributed by atoms with Gasteiger partial charge in [-0.1, -0.05) is 5.16 Å². The Hall–Kier alpha value is -1.79. The minimum atomic E-state index is -0.0508. The van der Waals surface area contributed by atoms with Crippen molar-refractivity contribution in [3.63, 3.8) is 0 Å². The third-order valence-electron chi connectivity index (χ3n) is 3.99. The standard InChI is InChI=1S/C16H19ClN2O4/c1-11-14(16(17)23-18-11)8-15(20)19(9-12-4-2-6-21-12)10-13-5-3-7-22-13/h2,4,6,13H,3,5,7-10H2,1H3. The van der Waals surface area contributed by atoms with Gasteiger partial charge in [0.1, 0.15) is 5.76 Å². The molecule has 1 amide bonds. The highest BCUT2D eigenvalue weighted by atomic mass is 35.5. The quantitative estimate of drug-likeness (QED) is 0.810. The summed E-state index contributed by atoms with van der Waals surface area (Å²) in [5, 5.41) is 3.96. The average molecular weight is 339 g/mol. The lowest BCUT2D eigenvalue weighted by atomic mass is 10.1. The molecule has 7 heteroatoms. The monoisotopic (exact) mass is 338 g/mol. The molecule has 124 valence electrons.